The SMILES string of the molecule is Cc1c(Sc2ccccc2)c2cc(Cl)cc3c2n1C(CN1CCCNCC1)CO3. The summed E-state index contributed by atoms with van der Waals surface area (Å²) in [5.41, 5.74) is 2.49. The zero-order chi connectivity index (χ0) is 19.8. The number of nitrogens with zero attached hydrogens (tertiary/aromatic N) is 2. The van der Waals surface area contributed by atoms with Gasteiger partial charge >= 0.3 is 0 Å². The highest BCUT2D eigenvalue weighted by atomic mass is 35.5. The first-order valence-electron chi connectivity index (χ1n) is 10.3. The molecule has 6 heteroatoms. The molecule has 0 bridgehead atoms. The second kappa shape index (κ2) is 8.23. The van der Waals surface area contributed by atoms with Crippen LogP contribution < -0.4 is 10.1 Å². The summed E-state index contributed by atoms with van der Waals surface area (Å²) in [5, 5.41) is 5.43. The van der Waals surface area contributed by atoms with Crippen molar-refractivity contribution in [2.75, 3.05) is 39.3 Å². The predicted octanol–water partition coefficient (Wildman–Crippen LogP) is 4.98. The molecule has 0 spiro atoms. The highest BCUT2D eigenvalue weighted by Crippen LogP contribution is 2.46. The summed E-state index contributed by atoms with van der Waals surface area (Å²) >= 11 is 8.28. The second-order valence-corrected chi connectivity index (χ2v) is 9.39. The van der Waals surface area contributed by atoms with Crippen LogP contribution in [0.15, 0.2) is 52.3 Å². The van der Waals surface area contributed by atoms with Gasteiger partial charge in [-0.2, -0.15) is 0 Å². The van der Waals surface area contributed by atoms with E-state index in [4.69, 9.17) is 16.3 Å². The number of benzene rings is 2. The first kappa shape index (κ1) is 19.3. The monoisotopic (exact) mass is 427 g/mol. The zero-order valence-corrected chi connectivity index (χ0v) is 18.2. The molecule has 1 N–H and O–H groups in total. The van der Waals surface area contributed by atoms with Crippen LogP contribution >= 0.6 is 23.4 Å². The zero-order valence-electron chi connectivity index (χ0n) is 16.7. The van der Waals surface area contributed by atoms with E-state index in [-0.39, 0.29) is 0 Å². The molecule has 2 aliphatic rings. The fraction of sp³-hybridized carbons (Fsp3) is 0.391. The van der Waals surface area contributed by atoms with Crippen LogP contribution in [0.25, 0.3) is 10.9 Å². The molecule has 0 radical (unpaired) electrons. The van der Waals surface area contributed by atoms with Crippen molar-refractivity contribution in [1.29, 1.82) is 0 Å². The lowest BCUT2D eigenvalue weighted by atomic mass is 10.2. The molecule has 3 aromatic rings. The van der Waals surface area contributed by atoms with E-state index < -0.39 is 0 Å². The molecule has 4 nitrogen and oxygen atoms in total. The molecule has 2 aromatic carbocycles. The van der Waals surface area contributed by atoms with Crippen molar-refractivity contribution in [1.82, 2.24) is 14.8 Å². The Morgan fingerprint density at radius 1 is 1.17 bits per heavy atom. The van der Waals surface area contributed by atoms with E-state index in [9.17, 15) is 0 Å². The van der Waals surface area contributed by atoms with Crippen LogP contribution in [0.1, 0.15) is 18.2 Å². The Labute approximate surface area is 181 Å². The van der Waals surface area contributed by atoms with Crippen LogP contribution in [-0.2, 0) is 0 Å². The lowest BCUT2D eigenvalue weighted by Crippen LogP contribution is -2.37. The summed E-state index contributed by atoms with van der Waals surface area (Å²) in [6.07, 6.45) is 1.20. The van der Waals surface area contributed by atoms with Crippen LogP contribution in [0.5, 0.6) is 5.75 Å². The van der Waals surface area contributed by atoms with Gasteiger partial charge in [0.1, 0.15) is 12.4 Å². The lowest BCUT2D eigenvalue weighted by molar-refractivity contribution is 0.174. The van der Waals surface area contributed by atoms with E-state index in [1.165, 1.54) is 32.8 Å². The minimum atomic E-state index is 0.314. The largest absolute Gasteiger partial charge is 0.489 e. The van der Waals surface area contributed by atoms with E-state index in [2.05, 4.69) is 58.1 Å². The highest BCUT2D eigenvalue weighted by Gasteiger charge is 2.29. The Balaban J connectivity index is 1.57. The average molecular weight is 428 g/mol. The third kappa shape index (κ3) is 3.77. The predicted molar refractivity (Wildman–Crippen MR) is 121 cm³/mol. The number of halogens is 1. The van der Waals surface area contributed by atoms with Crippen LogP contribution in [0.3, 0.4) is 0 Å². The number of rotatable bonds is 4. The van der Waals surface area contributed by atoms with Gasteiger partial charge in [0.25, 0.3) is 0 Å². The lowest BCUT2D eigenvalue weighted by Gasteiger charge is -2.32. The van der Waals surface area contributed by atoms with E-state index in [1.807, 2.05) is 17.8 Å². The van der Waals surface area contributed by atoms with Crippen molar-refractivity contribution in [3.05, 3.63) is 53.2 Å². The van der Waals surface area contributed by atoms with Gasteiger partial charge in [0, 0.05) is 51.6 Å². The Hall–Kier alpha value is -1.66. The molecule has 0 amide bonds. The standard InChI is InChI=1S/C23H26ClN3OS/c1-16-23(29-19-6-3-2-4-7-19)20-12-17(24)13-21-22(20)27(16)18(15-28-21)14-26-10-5-8-25-9-11-26/h2-4,6-7,12-13,18,25H,5,8-11,14-15H2,1H3. The van der Waals surface area contributed by atoms with Gasteiger partial charge in [-0.1, -0.05) is 41.6 Å². The molecule has 1 aromatic heterocycles. The Bertz CT molecular complexity index is 1010. The summed E-state index contributed by atoms with van der Waals surface area (Å²) in [5.74, 6) is 0.907. The molecule has 152 valence electrons. The van der Waals surface area contributed by atoms with Gasteiger partial charge < -0.3 is 14.6 Å². The van der Waals surface area contributed by atoms with Crippen molar-refractivity contribution in [2.24, 2.45) is 0 Å². The van der Waals surface area contributed by atoms with Gasteiger partial charge in [0.05, 0.1) is 11.6 Å². The fourth-order valence-electron chi connectivity index (χ4n) is 4.55. The number of ether oxygens (including phenoxy) is 1. The molecule has 0 saturated carbocycles. The van der Waals surface area contributed by atoms with Crippen molar-refractivity contribution in [2.45, 2.75) is 29.2 Å². The topological polar surface area (TPSA) is 29.4 Å². The maximum absolute atomic E-state index is 6.46. The van der Waals surface area contributed by atoms with Gasteiger partial charge in [-0.25, -0.2) is 0 Å². The second-order valence-electron chi connectivity index (χ2n) is 7.87. The normalized spacial score (nSPS) is 19.9. The van der Waals surface area contributed by atoms with Crippen LogP contribution in [-0.4, -0.2) is 48.8 Å². The summed E-state index contributed by atoms with van der Waals surface area (Å²) in [4.78, 5) is 5.10. The molecule has 1 fully saturated rings. The van der Waals surface area contributed by atoms with Gasteiger partial charge in [0.15, 0.2) is 0 Å². The Kier molecular flexibility index (Phi) is 5.48. The van der Waals surface area contributed by atoms with E-state index in [0.717, 1.165) is 43.5 Å². The van der Waals surface area contributed by atoms with Crippen LogP contribution in [0.4, 0.5) is 0 Å². The minimum Gasteiger partial charge on any atom is -0.489 e. The Morgan fingerprint density at radius 2 is 2.03 bits per heavy atom. The maximum atomic E-state index is 6.46. The third-order valence-corrected chi connectivity index (χ3v) is 7.32. The first-order valence-corrected chi connectivity index (χ1v) is 11.5. The van der Waals surface area contributed by atoms with E-state index in [1.54, 1.807) is 0 Å². The van der Waals surface area contributed by atoms with Crippen LogP contribution in [0.2, 0.25) is 5.02 Å². The minimum absolute atomic E-state index is 0.314. The molecule has 2 aliphatic heterocycles. The summed E-state index contributed by atoms with van der Waals surface area (Å²) < 4.78 is 8.73. The molecule has 1 saturated heterocycles. The maximum Gasteiger partial charge on any atom is 0.145 e. The number of aromatic nitrogens is 1. The fourth-order valence-corrected chi connectivity index (χ4v) is 5.80. The molecule has 0 aliphatic carbocycles. The van der Waals surface area contributed by atoms with E-state index in [0.29, 0.717) is 12.6 Å². The van der Waals surface area contributed by atoms with Gasteiger partial charge in [-0.05, 0) is 44.6 Å². The summed E-state index contributed by atoms with van der Waals surface area (Å²) in [7, 11) is 0. The number of hydrogen-bond acceptors (Lipinski definition) is 4. The smallest absolute Gasteiger partial charge is 0.145 e. The first-order chi connectivity index (χ1) is 14.2. The molecule has 29 heavy (non-hydrogen) atoms. The van der Waals surface area contributed by atoms with Crippen LogP contribution in [0, 0.1) is 6.92 Å². The highest BCUT2D eigenvalue weighted by molar-refractivity contribution is 7.99. The Morgan fingerprint density at radius 3 is 2.90 bits per heavy atom. The van der Waals surface area contributed by atoms with Crippen molar-refractivity contribution < 1.29 is 4.74 Å². The van der Waals surface area contributed by atoms with Gasteiger partial charge in [-0.3, -0.25) is 4.90 Å². The number of nitrogens with one attached hydrogen (secondary N) is 1. The molecule has 1 atom stereocenters. The number of hydrogen-bond donors (Lipinski definition) is 1. The van der Waals surface area contributed by atoms with Crippen molar-refractivity contribution in [3.63, 3.8) is 0 Å². The van der Waals surface area contributed by atoms with Crippen molar-refractivity contribution in [3.8, 4) is 5.75 Å². The molecule has 3 heterocycles. The molecular weight excluding hydrogens is 402 g/mol. The van der Waals surface area contributed by atoms with Gasteiger partial charge in [-0.15, -0.1) is 0 Å². The quantitative estimate of drug-likeness (QED) is 0.635. The van der Waals surface area contributed by atoms with Crippen molar-refractivity contribution >= 4 is 34.3 Å². The average Bonchev–Trinajstić information content (AvgIpc) is 2.89. The third-order valence-electron chi connectivity index (χ3n) is 5.88. The van der Waals surface area contributed by atoms with Gasteiger partial charge in [0.2, 0.25) is 0 Å². The molecule has 1 unspecified atom stereocenters. The molecular formula is C23H26ClN3OS. The summed E-state index contributed by atoms with van der Waals surface area (Å²) in [6.45, 7) is 8.37. The summed E-state index contributed by atoms with van der Waals surface area (Å²) in [6, 6.07) is 14.9. The van der Waals surface area contributed by atoms with E-state index >= 15 is 0 Å². The molecule has 5 rings (SSSR count).